The summed E-state index contributed by atoms with van der Waals surface area (Å²) >= 11 is 1.22. The first-order valence-corrected chi connectivity index (χ1v) is 7.00. The monoisotopic (exact) mass is 284 g/mol. The van der Waals surface area contributed by atoms with Gasteiger partial charge in [-0.05, 0) is 23.1 Å². The highest BCUT2D eigenvalue weighted by Gasteiger charge is 2.15. The molecule has 0 spiro atoms. The maximum atomic E-state index is 11.1. The molecule has 2 aromatic heterocycles. The molecule has 0 aliphatic carbocycles. The number of hydrogen-bond donors (Lipinski definition) is 1. The van der Waals surface area contributed by atoms with E-state index in [0.29, 0.717) is 22.7 Å². The predicted molar refractivity (Wildman–Crippen MR) is 78.0 cm³/mol. The molecule has 0 amide bonds. The van der Waals surface area contributed by atoms with Crippen molar-refractivity contribution < 1.29 is 9.90 Å². The van der Waals surface area contributed by atoms with Crippen molar-refractivity contribution in [3.8, 4) is 11.3 Å². The predicted octanol–water partition coefficient (Wildman–Crippen LogP) is 3.36. The van der Waals surface area contributed by atoms with Gasteiger partial charge < -0.3 is 5.11 Å². The first-order valence-electron chi connectivity index (χ1n) is 6.12. The molecule has 4 nitrogen and oxygen atoms in total. The molecule has 0 saturated carbocycles. The van der Waals surface area contributed by atoms with Crippen molar-refractivity contribution in [1.82, 2.24) is 9.78 Å². The van der Waals surface area contributed by atoms with E-state index in [1.807, 2.05) is 47.3 Å². The van der Waals surface area contributed by atoms with Crippen molar-refractivity contribution in [2.45, 2.75) is 6.54 Å². The normalized spacial score (nSPS) is 10.6. The number of aromatic carboxylic acids is 1. The first kappa shape index (κ1) is 12.6. The van der Waals surface area contributed by atoms with Crippen LogP contribution in [-0.2, 0) is 6.54 Å². The molecule has 3 aromatic rings. The van der Waals surface area contributed by atoms with Crippen LogP contribution < -0.4 is 0 Å². The van der Waals surface area contributed by atoms with Crippen LogP contribution in [0.25, 0.3) is 11.3 Å². The van der Waals surface area contributed by atoms with Crippen molar-refractivity contribution in [1.29, 1.82) is 0 Å². The lowest BCUT2D eigenvalue weighted by Gasteiger charge is -2.01. The van der Waals surface area contributed by atoms with E-state index in [1.165, 1.54) is 11.3 Å². The molecule has 3 rings (SSSR count). The van der Waals surface area contributed by atoms with E-state index in [-0.39, 0.29) is 0 Å². The van der Waals surface area contributed by atoms with Gasteiger partial charge in [0.15, 0.2) is 0 Å². The van der Waals surface area contributed by atoms with Gasteiger partial charge in [0.05, 0.1) is 12.2 Å². The third-order valence-electron chi connectivity index (χ3n) is 2.96. The second-order valence-corrected chi connectivity index (χ2v) is 5.27. The highest BCUT2D eigenvalue weighted by molar-refractivity contribution is 7.12. The van der Waals surface area contributed by atoms with Gasteiger partial charge in [0.25, 0.3) is 0 Å². The van der Waals surface area contributed by atoms with E-state index in [2.05, 4.69) is 5.10 Å². The number of carboxylic acids is 1. The second kappa shape index (κ2) is 5.30. The standard InChI is InChI=1S/C15H12N2O2S/c18-15(19)14-12(7-9-20-14)13-6-8-17(16-13)10-11-4-2-1-3-5-11/h1-9H,10H2,(H,18,19). The lowest BCUT2D eigenvalue weighted by Crippen LogP contribution is -2.00. The average Bonchev–Trinajstić information content (AvgIpc) is 3.07. The topological polar surface area (TPSA) is 55.1 Å². The molecule has 1 aromatic carbocycles. The minimum absolute atomic E-state index is 0.329. The Kier molecular flexibility index (Phi) is 3.35. The maximum Gasteiger partial charge on any atom is 0.346 e. The number of carboxylic acid groups (broad SMARTS) is 1. The van der Waals surface area contributed by atoms with Crippen LogP contribution in [0.3, 0.4) is 0 Å². The molecule has 0 aliphatic rings. The number of benzene rings is 1. The molecule has 0 radical (unpaired) electrons. The summed E-state index contributed by atoms with van der Waals surface area (Å²) in [5.41, 5.74) is 2.53. The molecule has 2 heterocycles. The molecule has 1 N–H and O–H groups in total. The fourth-order valence-electron chi connectivity index (χ4n) is 2.04. The van der Waals surface area contributed by atoms with Crippen molar-refractivity contribution in [3.63, 3.8) is 0 Å². The lowest BCUT2D eigenvalue weighted by molar-refractivity contribution is 0.0703. The summed E-state index contributed by atoms with van der Waals surface area (Å²) < 4.78 is 1.81. The fourth-order valence-corrected chi connectivity index (χ4v) is 2.78. The Balaban J connectivity index is 1.87. The van der Waals surface area contributed by atoms with Crippen LogP contribution >= 0.6 is 11.3 Å². The molecule has 5 heteroatoms. The largest absolute Gasteiger partial charge is 0.477 e. The highest BCUT2D eigenvalue weighted by Crippen LogP contribution is 2.26. The van der Waals surface area contributed by atoms with Gasteiger partial charge >= 0.3 is 5.97 Å². The minimum atomic E-state index is -0.910. The van der Waals surface area contributed by atoms with Gasteiger partial charge in [-0.25, -0.2) is 4.79 Å². The Morgan fingerprint density at radius 1 is 1.20 bits per heavy atom. The zero-order chi connectivity index (χ0) is 13.9. The van der Waals surface area contributed by atoms with Gasteiger partial charge in [-0.1, -0.05) is 30.3 Å². The van der Waals surface area contributed by atoms with Crippen molar-refractivity contribution in [2.75, 3.05) is 0 Å². The van der Waals surface area contributed by atoms with Gasteiger partial charge in [0, 0.05) is 11.8 Å². The van der Waals surface area contributed by atoms with Crippen LogP contribution in [0.4, 0.5) is 0 Å². The van der Waals surface area contributed by atoms with E-state index in [0.717, 1.165) is 5.56 Å². The number of aromatic nitrogens is 2. The third-order valence-corrected chi connectivity index (χ3v) is 3.87. The summed E-state index contributed by atoms with van der Waals surface area (Å²) in [7, 11) is 0. The van der Waals surface area contributed by atoms with Crippen LogP contribution in [0.5, 0.6) is 0 Å². The number of carbonyl (C=O) groups is 1. The van der Waals surface area contributed by atoms with Crippen molar-refractivity contribution in [3.05, 3.63) is 64.5 Å². The van der Waals surface area contributed by atoms with E-state index in [4.69, 9.17) is 5.11 Å². The minimum Gasteiger partial charge on any atom is -0.477 e. The molecule has 20 heavy (non-hydrogen) atoms. The average molecular weight is 284 g/mol. The van der Waals surface area contributed by atoms with Crippen molar-refractivity contribution >= 4 is 17.3 Å². The van der Waals surface area contributed by atoms with Crippen LogP contribution in [0.1, 0.15) is 15.2 Å². The number of nitrogens with zero attached hydrogens (tertiary/aromatic N) is 2. The molecule has 100 valence electrons. The molecule has 0 atom stereocenters. The van der Waals surface area contributed by atoms with E-state index >= 15 is 0 Å². The van der Waals surface area contributed by atoms with E-state index in [9.17, 15) is 4.79 Å². The van der Waals surface area contributed by atoms with Gasteiger partial charge in [0.2, 0.25) is 0 Å². The van der Waals surface area contributed by atoms with Crippen LogP contribution in [-0.4, -0.2) is 20.9 Å². The Morgan fingerprint density at radius 3 is 2.75 bits per heavy atom. The molecule has 0 aliphatic heterocycles. The Bertz CT molecular complexity index is 731. The highest BCUT2D eigenvalue weighted by atomic mass is 32.1. The van der Waals surface area contributed by atoms with Gasteiger partial charge in [0.1, 0.15) is 4.88 Å². The summed E-state index contributed by atoms with van der Waals surface area (Å²) in [6.07, 6.45) is 1.87. The number of thiophene rings is 1. The van der Waals surface area contributed by atoms with Gasteiger partial charge in [-0.15, -0.1) is 11.3 Å². The van der Waals surface area contributed by atoms with Crippen LogP contribution in [0.2, 0.25) is 0 Å². The SMILES string of the molecule is O=C(O)c1sccc1-c1ccn(Cc2ccccc2)n1. The summed E-state index contributed by atoms with van der Waals surface area (Å²) in [6.45, 7) is 0.674. The van der Waals surface area contributed by atoms with Gasteiger partial charge in [-0.2, -0.15) is 5.10 Å². The molecular formula is C15H12N2O2S. The Labute approximate surface area is 119 Å². The van der Waals surface area contributed by atoms with E-state index in [1.54, 1.807) is 11.4 Å². The summed E-state index contributed by atoms with van der Waals surface area (Å²) in [4.78, 5) is 11.5. The number of rotatable bonds is 4. The quantitative estimate of drug-likeness (QED) is 0.799. The smallest absolute Gasteiger partial charge is 0.346 e. The maximum absolute atomic E-state index is 11.1. The van der Waals surface area contributed by atoms with Crippen LogP contribution in [0, 0.1) is 0 Å². The van der Waals surface area contributed by atoms with Crippen LogP contribution in [0.15, 0.2) is 54.0 Å². The Morgan fingerprint density at radius 2 is 2.00 bits per heavy atom. The zero-order valence-corrected chi connectivity index (χ0v) is 11.4. The van der Waals surface area contributed by atoms with E-state index < -0.39 is 5.97 Å². The molecule has 0 saturated heterocycles. The summed E-state index contributed by atoms with van der Waals surface area (Å²) in [5, 5.41) is 15.4. The van der Waals surface area contributed by atoms with Crippen molar-refractivity contribution in [2.24, 2.45) is 0 Å². The Hall–Kier alpha value is -2.40. The third kappa shape index (κ3) is 2.48. The second-order valence-electron chi connectivity index (χ2n) is 4.35. The summed E-state index contributed by atoms with van der Waals surface area (Å²) in [5.74, 6) is -0.910. The first-order chi connectivity index (χ1) is 9.74. The zero-order valence-electron chi connectivity index (χ0n) is 10.6. The summed E-state index contributed by atoms with van der Waals surface area (Å²) in [6, 6.07) is 13.7. The molecular weight excluding hydrogens is 272 g/mol. The fraction of sp³-hybridized carbons (Fsp3) is 0.0667. The number of hydrogen-bond acceptors (Lipinski definition) is 3. The van der Waals surface area contributed by atoms with Gasteiger partial charge in [-0.3, -0.25) is 4.68 Å². The lowest BCUT2D eigenvalue weighted by atomic mass is 10.2. The molecule has 0 unspecified atom stereocenters. The molecule has 0 fully saturated rings. The molecule has 0 bridgehead atoms.